The first kappa shape index (κ1) is 16.0. The van der Waals surface area contributed by atoms with E-state index in [0.717, 1.165) is 26.1 Å². The molecule has 0 amide bonds. The molecule has 0 spiro atoms. The molecule has 1 unspecified atom stereocenters. The van der Waals surface area contributed by atoms with E-state index in [1.807, 2.05) is 0 Å². The highest BCUT2D eigenvalue weighted by Crippen LogP contribution is 2.15. The molecule has 0 heterocycles. The third-order valence-electron chi connectivity index (χ3n) is 3.35. The predicted octanol–water partition coefficient (Wildman–Crippen LogP) is 3.14. The molecule has 19 heavy (non-hydrogen) atoms. The SMILES string of the molecule is CCC(OCCN(CC)c1cccc(C)c1)N(C)C. The second-order valence-corrected chi connectivity index (χ2v) is 5.12. The molecule has 0 saturated heterocycles. The lowest BCUT2D eigenvalue weighted by Gasteiger charge is -2.27. The summed E-state index contributed by atoms with van der Waals surface area (Å²) in [6, 6.07) is 8.64. The first-order valence-electron chi connectivity index (χ1n) is 7.18. The molecule has 0 aliphatic heterocycles. The lowest BCUT2D eigenvalue weighted by molar-refractivity contribution is -0.0345. The lowest BCUT2D eigenvalue weighted by Crippen LogP contribution is -2.34. The minimum Gasteiger partial charge on any atom is -0.369 e. The molecule has 3 heteroatoms. The van der Waals surface area contributed by atoms with Crippen LogP contribution in [0.4, 0.5) is 5.69 Å². The third kappa shape index (κ3) is 5.21. The van der Waals surface area contributed by atoms with Crippen molar-refractivity contribution in [2.75, 3.05) is 38.7 Å². The van der Waals surface area contributed by atoms with Crippen LogP contribution in [0.5, 0.6) is 0 Å². The fourth-order valence-electron chi connectivity index (χ4n) is 2.23. The van der Waals surface area contributed by atoms with E-state index < -0.39 is 0 Å². The highest BCUT2D eigenvalue weighted by molar-refractivity contribution is 5.48. The predicted molar refractivity (Wildman–Crippen MR) is 82.8 cm³/mol. The Kier molecular flexibility index (Phi) is 6.89. The van der Waals surface area contributed by atoms with Crippen LogP contribution >= 0.6 is 0 Å². The van der Waals surface area contributed by atoms with Gasteiger partial charge < -0.3 is 9.64 Å². The zero-order valence-corrected chi connectivity index (χ0v) is 13.0. The van der Waals surface area contributed by atoms with E-state index in [4.69, 9.17) is 4.74 Å². The van der Waals surface area contributed by atoms with E-state index in [9.17, 15) is 0 Å². The molecule has 0 aliphatic rings. The van der Waals surface area contributed by atoms with Crippen molar-refractivity contribution >= 4 is 5.69 Å². The fourth-order valence-corrected chi connectivity index (χ4v) is 2.23. The van der Waals surface area contributed by atoms with Crippen LogP contribution in [0.2, 0.25) is 0 Å². The number of ether oxygens (including phenoxy) is 1. The first-order valence-corrected chi connectivity index (χ1v) is 7.18. The topological polar surface area (TPSA) is 15.7 Å². The van der Waals surface area contributed by atoms with Gasteiger partial charge in [0.1, 0.15) is 6.23 Å². The van der Waals surface area contributed by atoms with E-state index in [1.54, 1.807) is 0 Å². The summed E-state index contributed by atoms with van der Waals surface area (Å²) in [4.78, 5) is 4.48. The summed E-state index contributed by atoms with van der Waals surface area (Å²) in [5, 5.41) is 0. The highest BCUT2D eigenvalue weighted by Gasteiger charge is 2.10. The Balaban J connectivity index is 2.49. The smallest absolute Gasteiger partial charge is 0.109 e. The van der Waals surface area contributed by atoms with Gasteiger partial charge in [-0.05, 0) is 52.1 Å². The van der Waals surface area contributed by atoms with Crippen LogP contribution in [0.25, 0.3) is 0 Å². The van der Waals surface area contributed by atoms with Gasteiger partial charge in [0, 0.05) is 18.8 Å². The number of hydrogen-bond donors (Lipinski definition) is 0. The number of aryl methyl sites for hydroxylation is 1. The molecule has 0 fully saturated rings. The summed E-state index contributed by atoms with van der Waals surface area (Å²) in [6.07, 6.45) is 1.24. The zero-order chi connectivity index (χ0) is 14.3. The summed E-state index contributed by atoms with van der Waals surface area (Å²) in [7, 11) is 4.12. The minimum atomic E-state index is 0.219. The van der Waals surface area contributed by atoms with E-state index in [0.29, 0.717) is 0 Å². The summed E-state index contributed by atoms with van der Waals surface area (Å²) in [5.41, 5.74) is 2.58. The first-order chi connectivity index (χ1) is 9.08. The van der Waals surface area contributed by atoms with Gasteiger partial charge in [-0.25, -0.2) is 0 Å². The molecule has 0 saturated carbocycles. The van der Waals surface area contributed by atoms with Crippen LogP contribution in [-0.2, 0) is 4.74 Å². The molecule has 108 valence electrons. The minimum absolute atomic E-state index is 0.219. The largest absolute Gasteiger partial charge is 0.369 e. The van der Waals surface area contributed by atoms with E-state index in [1.165, 1.54) is 11.3 Å². The van der Waals surface area contributed by atoms with Gasteiger partial charge in [0.2, 0.25) is 0 Å². The summed E-state index contributed by atoms with van der Waals surface area (Å²) in [6.45, 7) is 9.18. The molecule has 0 aliphatic carbocycles. The van der Waals surface area contributed by atoms with Crippen LogP contribution in [0, 0.1) is 6.92 Å². The average Bonchev–Trinajstić information content (AvgIpc) is 2.38. The Morgan fingerprint density at radius 3 is 2.47 bits per heavy atom. The van der Waals surface area contributed by atoms with Crippen molar-refractivity contribution in [1.29, 1.82) is 0 Å². The maximum absolute atomic E-state index is 5.92. The molecule has 0 radical (unpaired) electrons. The Morgan fingerprint density at radius 1 is 1.21 bits per heavy atom. The maximum Gasteiger partial charge on any atom is 0.109 e. The van der Waals surface area contributed by atoms with Crippen molar-refractivity contribution in [2.45, 2.75) is 33.4 Å². The van der Waals surface area contributed by atoms with Crippen molar-refractivity contribution in [3.8, 4) is 0 Å². The van der Waals surface area contributed by atoms with Crippen molar-refractivity contribution in [2.24, 2.45) is 0 Å². The summed E-state index contributed by atoms with van der Waals surface area (Å²) < 4.78 is 5.92. The van der Waals surface area contributed by atoms with E-state index >= 15 is 0 Å². The quantitative estimate of drug-likeness (QED) is 0.671. The van der Waals surface area contributed by atoms with Gasteiger partial charge in [0.05, 0.1) is 6.61 Å². The number of likely N-dealkylation sites (N-methyl/N-ethyl adjacent to an activating group) is 1. The van der Waals surface area contributed by atoms with Crippen LogP contribution in [0.3, 0.4) is 0 Å². The van der Waals surface area contributed by atoms with Gasteiger partial charge in [-0.1, -0.05) is 19.1 Å². The molecule has 0 bridgehead atoms. The maximum atomic E-state index is 5.92. The summed E-state index contributed by atoms with van der Waals surface area (Å²) >= 11 is 0. The fraction of sp³-hybridized carbons (Fsp3) is 0.625. The van der Waals surface area contributed by atoms with Crippen molar-refractivity contribution in [3.05, 3.63) is 29.8 Å². The second kappa shape index (κ2) is 8.18. The molecular formula is C16H28N2O. The van der Waals surface area contributed by atoms with Crippen LogP contribution < -0.4 is 4.90 Å². The standard InChI is InChI=1S/C16H28N2O/c1-6-16(17(4)5)19-12-11-18(7-2)15-10-8-9-14(3)13-15/h8-10,13,16H,6-7,11-12H2,1-5H3. The van der Waals surface area contributed by atoms with Crippen molar-refractivity contribution in [3.63, 3.8) is 0 Å². The van der Waals surface area contributed by atoms with Crippen LogP contribution in [0.1, 0.15) is 25.8 Å². The number of anilines is 1. The van der Waals surface area contributed by atoms with E-state index in [-0.39, 0.29) is 6.23 Å². The van der Waals surface area contributed by atoms with Gasteiger partial charge in [-0.3, -0.25) is 4.90 Å². The van der Waals surface area contributed by atoms with Crippen molar-refractivity contribution in [1.82, 2.24) is 4.90 Å². The number of nitrogens with zero attached hydrogens (tertiary/aromatic N) is 2. The molecule has 0 aromatic heterocycles. The lowest BCUT2D eigenvalue weighted by atomic mass is 10.2. The van der Waals surface area contributed by atoms with Crippen LogP contribution in [0.15, 0.2) is 24.3 Å². The molecular weight excluding hydrogens is 236 g/mol. The Morgan fingerprint density at radius 2 is 1.95 bits per heavy atom. The Labute approximate surface area is 118 Å². The number of hydrogen-bond acceptors (Lipinski definition) is 3. The van der Waals surface area contributed by atoms with Gasteiger partial charge in [-0.2, -0.15) is 0 Å². The normalized spacial score (nSPS) is 12.7. The molecule has 1 rings (SSSR count). The van der Waals surface area contributed by atoms with Gasteiger partial charge in [0.15, 0.2) is 0 Å². The molecule has 3 nitrogen and oxygen atoms in total. The Hall–Kier alpha value is -1.06. The molecule has 1 atom stereocenters. The molecule has 1 aromatic carbocycles. The van der Waals surface area contributed by atoms with Gasteiger partial charge >= 0.3 is 0 Å². The monoisotopic (exact) mass is 264 g/mol. The third-order valence-corrected chi connectivity index (χ3v) is 3.35. The highest BCUT2D eigenvalue weighted by atomic mass is 16.5. The average molecular weight is 264 g/mol. The van der Waals surface area contributed by atoms with Gasteiger partial charge in [0.25, 0.3) is 0 Å². The summed E-state index contributed by atoms with van der Waals surface area (Å²) in [5.74, 6) is 0. The van der Waals surface area contributed by atoms with Crippen molar-refractivity contribution < 1.29 is 4.74 Å². The molecule has 0 N–H and O–H groups in total. The van der Waals surface area contributed by atoms with Crippen LogP contribution in [-0.4, -0.2) is 44.9 Å². The Bertz CT molecular complexity index is 366. The number of benzene rings is 1. The van der Waals surface area contributed by atoms with E-state index in [2.05, 4.69) is 68.9 Å². The second-order valence-electron chi connectivity index (χ2n) is 5.12. The molecule has 1 aromatic rings. The number of rotatable bonds is 8. The zero-order valence-electron chi connectivity index (χ0n) is 13.0. The van der Waals surface area contributed by atoms with Gasteiger partial charge in [-0.15, -0.1) is 0 Å².